The van der Waals surface area contributed by atoms with Crippen LogP contribution in [0.2, 0.25) is 0 Å². The molecule has 0 spiro atoms. The van der Waals surface area contributed by atoms with Gasteiger partial charge in [0, 0.05) is 122 Å². The fourth-order valence-corrected chi connectivity index (χ4v) is 7.80. The number of aromatic amines is 4. The topological polar surface area (TPSA) is 409 Å². The van der Waals surface area contributed by atoms with Gasteiger partial charge >= 0.3 is 35.8 Å². The Morgan fingerprint density at radius 1 is 0.457 bits per heavy atom. The number of fused-ring (bicyclic) bond motifs is 4. The first-order valence-electron chi connectivity index (χ1n) is 24.5. The third-order valence-corrected chi connectivity index (χ3v) is 11.7. The number of nitrogens with two attached hydrogens (primary N) is 3. The molecular formula is C56H70N8O17. The number of aliphatic hydroxyl groups excluding tert-OH is 1. The van der Waals surface area contributed by atoms with Gasteiger partial charge < -0.3 is 91.3 Å². The SMILES string of the molecule is CC(=O)OC(C)=O.CO.COC(=O)[C@@H](N)Cc1c[nH]c2ccc(OC)cc12.COc1ccc2[nH]cc(C[C@H](N)C(=O)O)c2c1.COc1ccc2[nH]cc(C[C@H](N)C(=O)O)c2c1.COc1ccc2[nH]cc(C[C@H](NC(C)=O)C(=O)O)c2c1. The van der Waals surface area contributed by atoms with Crippen molar-refractivity contribution in [2.45, 2.75) is 70.6 Å². The number of esters is 3. The summed E-state index contributed by atoms with van der Waals surface area (Å²) in [4.78, 5) is 87.0. The average molecular weight is 1130 g/mol. The molecule has 0 unspecified atom stereocenters. The highest BCUT2D eigenvalue weighted by molar-refractivity contribution is 5.89. The van der Waals surface area contributed by atoms with Gasteiger partial charge in [0.05, 0.1) is 35.5 Å². The molecular weight excluding hydrogens is 1060 g/mol. The van der Waals surface area contributed by atoms with Crippen LogP contribution >= 0.6 is 0 Å². The second kappa shape index (κ2) is 32.5. The first kappa shape index (κ1) is 65.9. The molecule has 81 heavy (non-hydrogen) atoms. The number of aliphatic hydroxyl groups is 1. The summed E-state index contributed by atoms with van der Waals surface area (Å²) in [6, 6.07) is 19.1. The molecule has 4 aromatic heterocycles. The predicted octanol–water partition coefficient (Wildman–Crippen LogP) is 4.49. The maximum absolute atomic E-state index is 11.3. The predicted molar refractivity (Wildman–Crippen MR) is 301 cm³/mol. The zero-order valence-electron chi connectivity index (χ0n) is 46.2. The number of carbonyl (C=O) groups is 7. The third kappa shape index (κ3) is 20.1. The zero-order chi connectivity index (χ0) is 60.5. The minimum atomic E-state index is -1.06. The van der Waals surface area contributed by atoms with Crippen molar-refractivity contribution < 1.29 is 82.4 Å². The molecule has 1 amide bonds. The van der Waals surface area contributed by atoms with E-state index in [0.717, 1.165) is 90.2 Å². The van der Waals surface area contributed by atoms with Crippen LogP contribution in [0.5, 0.6) is 23.0 Å². The molecule has 0 saturated carbocycles. The number of hydrogen-bond acceptors (Lipinski definition) is 17. The number of carboxylic acid groups (broad SMARTS) is 3. The van der Waals surface area contributed by atoms with Crippen LogP contribution in [-0.4, -0.2) is 149 Å². The summed E-state index contributed by atoms with van der Waals surface area (Å²) in [6.07, 6.45) is 8.40. The van der Waals surface area contributed by atoms with Crippen LogP contribution < -0.4 is 41.5 Å². The maximum atomic E-state index is 11.3. The van der Waals surface area contributed by atoms with E-state index in [2.05, 4.69) is 34.7 Å². The van der Waals surface area contributed by atoms with Crippen molar-refractivity contribution in [2.24, 2.45) is 17.2 Å². The number of carboxylic acids is 3. The fourth-order valence-electron chi connectivity index (χ4n) is 7.80. The summed E-state index contributed by atoms with van der Waals surface area (Å²) in [6.45, 7) is 3.66. The number of rotatable bonds is 17. The van der Waals surface area contributed by atoms with E-state index < -0.39 is 60.0 Å². The number of amides is 1. The van der Waals surface area contributed by atoms with Crippen LogP contribution in [-0.2, 0) is 68.7 Å². The molecule has 4 heterocycles. The molecule has 0 aliphatic heterocycles. The van der Waals surface area contributed by atoms with Gasteiger partial charge in [0.15, 0.2) is 0 Å². The molecule has 4 atom stereocenters. The summed E-state index contributed by atoms with van der Waals surface area (Å²) >= 11 is 0. The van der Waals surface area contributed by atoms with Gasteiger partial charge in [-0.3, -0.25) is 28.8 Å². The average Bonchev–Trinajstić information content (AvgIpc) is 4.35. The van der Waals surface area contributed by atoms with Crippen molar-refractivity contribution in [1.29, 1.82) is 0 Å². The van der Waals surface area contributed by atoms with Crippen molar-refractivity contribution in [2.75, 3.05) is 42.7 Å². The molecule has 0 bridgehead atoms. The van der Waals surface area contributed by atoms with Crippen molar-refractivity contribution in [3.63, 3.8) is 0 Å². The molecule has 8 aromatic rings. The van der Waals surface area contributed by atoms with E-state index in [-0.39, 0.29) is 12.3 Å². The third-order valence-electron chi connectivity index (χ3n) is 11.7. The largest absolute Gasteiger partial charge is 0.497 e. The number of H-pyrrole nitrogens is 4. The molecule has 436 valence electrons. The monoisotopic (exact) mass is 1130 g/mol. The highest BCUT2D eigenvalue weighted by atomic mass is 16.6. The van der Waals surface area contributed by atoms with Crippen molar-refractivity contribution >= 4 is 85.3 Å². The van der Waals surface area contributed by atoms with Crippen molar-refractivity contribution in [3.8, 4) is 23.0 Å². The lowest BCUT2D eigenvalue weighted by molar-refractivity contribution is -0.156. The normalized spacial score (nSPS) is 11.8. The van der Waals surface area contributed by atoms with Crippen LogP contribution in [0.25, 0.3) is 43.6 Å². The molecule has 0 aliphatic rings. The minimum absolute atomic E-state index is 0.210. The first-order valence-corrected chi connectivity index (χ1v) is 24.5. The van der Waals surface area contributed by atoms with Crippen LogP contribution in [0.3, 0.4) is 0 Å². The number of methoxy groups -OCH3 is 5. The van der Waals surface area contributed by atoms with Crippen LogP contribution in [0.4, 0.5) is 0 Å². The summed E-state index contributed by atoms with van der Waals surface area (Å²) in [7, 11) is 8.71. The Morgan fingerprint density at radius 2 is 0.741 bits per heavy atom. The lowest BCUT2D eigenvalue weighted by Crippen LogP contribution is -2.41. The standard InChI is InChI=1S/C14H16N2O4.C13H16N2O3.2C12H14N2O3.C4H6O3.CH4O/c1-8(17)16-13(14(18)19)5-9-7-15-12-4-3-10(20-2)6-11(9)12;1-17-9-3-4-12-10(6-9)8(7-15-12)5-11(14)13(16)18-2;2*1-17-8-2-3-11-9(5-8)7(6-14-11)4-10(13)12(15)16;1-3(5)7-4(2)6;1-2/h3-4,6-7,13,15H,5H2,1-2H3,(H,16,17)(H,18,19);3-4,6-7,11,15H,5,14H2,1-2H3;2*2-3,5-6,10,14H,4,13H2,1H3,(H,15,16);1-2H3;2H,1H3/t13-;11-;2*10-;;/m0000../s1. The van der Waals surface area contributed by atoms with Gasteiger partial charge in [-0.15, -0.1) is 0 Å². The van der Waals surface area contributed by atoms with Crippen LogP contribution in [0.15, 0.2) is 97.6 Å². The Hall–Kier alpha value is -9.43. The van der Waals surface area contributed by atoms with Crippen molar-refractivity contribution in [3.05, 3.63) is 120 Å². The first-order chi connectivity index (χ1) is 38.5. The van der Waals surface area contributed by atoms with Gasteiger partial charge in [0.2, 0.25) is 5.91 Å². The molecule has 8 rings (SSSR count). The molecule has 0 radical (unpaired) electrons. The summed E-state index contributed by atoms with van der Waals surface area (Å²) in [5, 5.41) is 39.9. The Bertz CT molecular complexity index is 3270. The Morgan fingerprint density at radius 3 is 0.963 bits per heavy atom. The molecule has 0 aliphatic carbocycles. The van der Waals surface area contributed by atoms with E-state index in [1.807, 2.05) is 79.0 Å². The highest BCUT2D eigenvalue weighted by Gasteiger charge is 2.22. The number of aromatic nitrogens is 4. The van der Waals surface area contributed by atoms with E-state index in [9.17, 15) is 33.6 Å². The zero-order valence-corrected chi connectivity index (χ0v) is 46.2. The van der Waals surface area contributed by atoms with Crippen LogP contribution in [0, 0.1) is 0 Å². The molecule has 25 heteroatoms. The number of carbonyl (C=O) groups excluding carboxylic acids is 4. The number of ether oxygens (including phenoxy) is 6. The van der Waals surface area contributed by atoms with E-state index in [1.54, 1.807) is 47.0 Å². The number of hydrogen-bond donors (Lipinski definition) is 12. The smallest absolute Gasteiger partial charge is 0.326 e. The highest BCUT2D eigenvalue weighted by Crippen LogP contribution is 2.28. The van der Waals surface area contributed by atoms with Gasteiger partial charge in [0.1, 0.15) is 47.2 Å². The number of nitrogens with one attached hydrogen (secondary N) is 5. The van der Waals surface area contributed by atoms with E-state index in [4.69, 9.17) is 56.6 Å². The summed E-state index contributed by atoms with van der Waals surface area (Å²) < 4.78 is 29.2. The second-order valence-electron chi connectivity index (χ2n) is 17.4. The molecule has 0 saturated heterocycles. The van der Waals surface area contributed by atoms with E-state index >= 15 is 0 Å². The van der Waals surface area contributed by atoms with Crippen LogP contribution in [0.1, 0.15) is 43.0 Å². The van der Waals surface area contributed by atoms with Crippen molar-refractivity contribution in [1.82, 2.24) is 25.3 Å². The molecule has 15 N–H and O–H groups in total. The Kier molecular flexibility index (Phi) is 26.4. The number of aliphatic carboxylic acids is 3. The lowest BCUT2D eigenvalue weighted by Gasteiger charge is -2.12. The minimum Gasteiger partial charge on any atom is -0.497 e. The van der Waals surface area contributed by atoms with Gasteiger partial charge in [-0.05, 0) is 95.1 Å². The maximum Gasteiger partial charge on any atom is 0.326 e. The number of benzene rings is 4. The summed E-state index contributed by atoms with van der Waals surface area (Å²) in [5.41, 5.74) is 24.1. The fraction of sp³-hybridized carbons (Fsp3) is 0.304. The Labute approximate surface area is 465 Å². The van der Waals surface area contributed by atoms with Gasteiger partial charge in [0.25, 0.3) is 0 Å². The molecule has 0 fully saturated rings. The molecule has 25 nitrogen and oxygen atoms in total. The molecule has 4 aromatic carbocycles. The van der Waals surface area contributed by atoms with Gasteiger partial charge in [-0.2, -0.15) is 0 Å². The van der Waals surface area contributed by atoms with Gasteiger partial charge in [-0.1, -0.05) is 0 Å². The summed E-state index contributed by atoms with van der Waals surface area (Å²) in [5.74, 6) is -2.01. The quantitative estimate of drug-likeness (QED) is 0.0441. The Balaban J connectivity index is 0.000000270. The second-order valence-corrected chi connectivity index (χ2v) is 17.4. The van der Waals surface area contributed by atoms with E-state index in [1.165, 1.54) is 27.9 Å². The van der Waals surface area contributed by atoms with E-state index in [0.29, 0.717) is 25.0 Å². The van der Waals surface area contributed by atoms with Gasteiger partial charge in [-0.25, -0.2) is 4.79 Å². The lowest BCUT2D eigenvalue weighted by atomic mass is 10.0.